The monoisotopic (exact) mass is 649 g/mol. The Morgan fingerprint density at radius 3 is 1.09 bits per heavy atom. The summed E-state index contributed by atoms with van der Waals surface area (Å²) in [5.74, 6) is 0.0146. The molecule has 0 atom stereocenters. The second-order valence-corrected chi connectivity index (χ2v) is 14.4. The van der Waals surface area contributed by atoms with Crippen LogP contribution in [0.25, 0.3) is 0 Å². The van der Waals surface area contributed by atoms with Crippen LogP contribution in [0.4, 0.5) is 0 Å². The van der Waals surface area contributed by atoms with Gasteiger partial charge in [0.25, 0.3) is 0 Å². The van der Waals surface area contributed by atoms with Gasteiger partial charge in [-0.15, -0.1) is 0 Å². The number of aliphatic hydroxyl groups excluding tert-OH is 1. The highest BCUT2D eigenvalue weighted by molar-refractivity contribution is 5.69. The van der Waals surface area contributed by atoms with Crippen LogP contribution in [0, 0.1) is 0 Å². The van der Waals surface area contributed by atoms with Crippen LogP contribution in [0.1, 0.15) is 244 Å². The van der Waals surface area contributed by atoms with Crippen molar-refractivity contribution in [2.75, 3.05) is 13.2 Å². The van der Waals surface area contributed by atoms with Crippen molar-refractivity contribution >= 4 is 5.97 Å². The standard InChI is InChI=1S/C43H84O3/c1-2-3-4-5-6-7-8-22-25-28-31-34-37-40-43(45)46-42-39-36-33-30-27-24-21-19-17-15-13-11-9-10-12-14-16-18-20-23-26-29-32-35-38-41-44/h7-8,44H,2-6,9-42H2,1H3/b8-7-. The molecule has 0 radical (unpaired) electrons. The lowest BCUT2D eigenvalue weighted by Crippen LogP contribution is -2.05. The van der Waals surface area contributed by atoms with E-state index in [1.165, 1.54) is 205 Å². The fourth-order valence-electron chi connectivity index (χ4n) is 6.52. The molecule has 0 bridgehead atoms. The lowest BCUT2D eigenvalue weighted by molar-refractivity contribution is -0.143. The minimum atomic E-state index is 0.0146. The molecule has 0 fully saturated rings. The molecule has 0 heterocycles. The Balaban J connectivity index is 3.15. The molecule has 274 valence electrons. The third-order valence-corrected chi connectivity index (χ3v) is 9.71. The number of allylic oxidation sites excluding steroid dienone is 2. The van der Waals surface area contributed by atoms with Crippen LogP contribution in [0.5, 0.6) is 0 Å². The fourth-order valence-corrected chi connectivity index (χ4v) is 6.52. The van der Waals surface area contributed by atoms with Crippen molar-refractivity contribution in [1.82, 2.24) is 0 Å². The number of ether oxygens (including phenoxy) is 1. The van der Waals surface area contributed by atoms with E-state index in [0.717, 1.165) is 25.7 Å². The Morgan fingerprint density at radius 2 is 0.717 bits per heavy atom. The summed E-state index contributed by atoms with van der Waals surface area (Å²) < 4.78 is 5.45. The first-order chi connectivity index (χ1) is 22.8. The van der Waals surface area contributed by atoms with Crippen LogP contribution >= 0.6 is 0 Å². The van der Waals surface area contributed by atoms with Gasteiger partial charge >= 0.3 is 5.97 Å². The molecule has 0 saturated carbocycles. The maximum absolute atomic E-state index is 12.0. The van der Waals surface area contributed by atoms with Gasteiger partial charge < -0.3 is 9.84 Å². The number of rotatable bonds is 40. The first kappa shape index (κ1) is 45.2. The summed E-state index contributed by atoms with van der Waals surface area (Å²) in [6, 6.07) is 0. The molecule has 3 heteroatoms. The average molecular weight is 649 g/mol. The maximum atomic E-state index is 12.0. The normalized spacial score (nSPS) is 11.6. The quantitative estimate of drug-likeness (QED) is 0.0408. The van der Waals surface area contributed by atoms with E-state index in [0.29, 0.717) is 19.6 Å². The Labute approximate surface area is 289 Å². The number of unbranched alkanes of at least 4 members (excludes halogenated alkanes) is 33. The first-order valence-electron chi connectivity index (χ1n) is 21.2. The number of aliphatic hydroxyl groups is 1. The molecule has 3 nitrogen and oxygen atoms in total. The van der Waals surface area contributed by atoms with Crippen molar-refractivity contribution in [2.45, 2.75) is 244 Å². The Hall–Kier alpha value is -0.830. The molecule has 0 aliphatic carbocycles. The largest absolute Gasteiger partial charge is 0.466 e. The van der Waals surface area contributed by atoms with E-state index in [2.05, 4.69) is 19.1 Å². The maximum Gasteiger partial charge on any atom is 0.305 e. The van der Waals surface area contributed by atoms with E-state index in [-0.39, 0.29) is 5.97 Å². The topological polar surface area (TPSA) is 46.5 Å². The molecule has 0 saturated heterocycles. The summed E-state index contributed by atoms with van der Waals surface area (Å²) in [6.45, 7) is 3.25. The molecule has 1 N–H and O–H groups in total. The summed E-state index contributed by atoms with van der Waals surface area (Å²) in [4.78, 5) is 12.0. The number of carbonyl (C=O) groups excluding carboxylic acids is 1. The van der Waals surface area contributed by atoms with E-state index in [4.69, 9.17) is 9.84 Å². The van der Waals surface area contributed by atoms with Gasteiger partial charge in [0.1, 0.15) is 0 Å². The molecule has 0 aromatic heterocycles. The van der Waals surface area contributed by atoms with E-state index < -0.39 is 0 Å². The van der Waals surface area contributed by atoms with Crippen molar-refractivity contribution in [1.29, 1.82) is 0 Å². The molecule has 0 aromatic carbocycles. The van der Waals surface area contributed by atoms with Crippen molar-refractivity contribution < 1.29 is 14.6 Å². The molecule has 0 aliphatic rings. The van der Waals surface area contributed by atoms with Gasteiger partial charge in [-0.1, -0.05) is 205 Å². The van der Waals surface area contributed by atoms with Gasteiger partial charge in [0, 0.05) is 13.0 Å². The SMILES string of the molecule is CCCCCC/C=C\CCCCCCCC(=O)OCCCCCCCCCCCCCCCCCCCCCCCCCCCO. The number of hydrogen-bond acceptors (Lipinski definition) is 3. The van der Waals surface area contributed by atoms with Gasteiger partial charge in [0.05, 0.1) is 6.61 Å². The van der Waals surface area contributed by atoms with Crippen LogP contribution in [0.2, 0.25) is 0 Å². The van der Waals surface area contributed by atoms with Crippen LogP contribution in [-0.4, -0.2) is 24.3 Å². The zero-order valence-electron chi connectivity index (χ0n) is 31.5. The van der Waals surface area contributed by atoms with E-state index >= 15 is 0 Å². The molecular weight excluding hydrogens is 564 g/mol. The smallest absolute Gasteiger partial charge is 0.305 e. The number of hydrogen-bond donors (Lipinski definition) is 1. The van der Waals surface area contributed by atoms with Crippen molar-refractivity contribution in [2.24, 2.45) is 0 Å². The minimum Gasteiger partial charge on any atom is -0.466 e. The number of carbonyl (C=O) groups is 1. The van der Waals surface area contributed by atoms with Gasteiger partial charge in [-0.25, -0.2) is 0 Å². The summed E-state index contributed by atoms with van der Waals surface area (Å²) in [5.41, 5.74) is 0. The Kier molecular flexibility index (Phi) is 41.4. The van der Waals surface area contributed by atoms with Crippen molar-refractivity contribution in [3.63, 3.8) is 0 Å². The molecule has 46 heavy (non-hydrogen) atoms. The second-order valence-electron chi connectivity index (χ2n) is 14.4. The van der Waals surface area contributed by atoms with Crippen LogP contribution < -0.4 is 0 Å². The third kappa shape index (κ3) is 41.2. The highest BCUT2D eigenvalue weighted by Gasteiger charge is 2.03. The summed E-state index contributed by atoms with van der Waals surface area (Å²) in [5, 5.41) is 8.80. The van der Waals surface area contributed by atoms with E-state index in [1.807, 2.05) is 0 Å². The molecular formula is C43H84O3. The van der Waals surface area contributed by atoms with Crippen LogP contribution in [0.3, 0.4) is 0 Å². The van der Waals surface area contributed by atoms with Gasteiger partial charge in [0.15, 0.2) is 0 Å². The molecule has 0 unspecified atom stereocenters. The Morgan fingerprint density at radius 1 is 0.413 bits per heavy atom. The molecule has 0 aromatic rings. The van der Waals surface area contributed by atoms with E-state index in [9.17, 15) is 4.79 Å². The summed E-state index contributed by atoms with van der Waals surface area (Å²) in [6.07, 6.45) is 53.2. The highest BCUT2D eigenvalue weighted by Crippen LogP contribution is 2.16. The highest BCUT2D eigenvalue weighted by atomic mass is 16.5. The van der Waals surface area contributed by atoms with Gasteiger partial charge in [-0.05, 0) is 44.9 Å². The molecule has 0 rings (SSSR count). The predicted octanol–water partition coefficient (Wildman–Crippen LogP) is 14.5. The third-order valence-electron chi connectivity index (χ3n) is 9.71. The van der Waals surface area contributed by atoms with Crippen LogP contribution in [0.15, 0.2) is 12.2 Å². The average Bonchev–Trinajstić information content (AvgIpc) is 3.06. The fraction of sp³-hybridized carbons (Fsp3) is 0.930. The van der Waals surface area contributed by atoms with E-state index in [1.54, 1.807) is 0 Å². The second kappa shape index (κ2) is 42.2. The lowest BCUT2D eigenvalue weighted by Gasteiger charge is -2.06. The van der Waals surface area contributed by atoms with Crippen LogP contribution in [-0.2, 0) is 9.53 Å². The van der Waals surface area contributed by atoms with Gasteiger partial charge in [-0.3, -0.25) is 4.79 Å². The Bertz CT molecular complexity index is 587. The van der Waals surface area contributed by atoms with Crippen molar-refractivity contribution in [3.05, 3.63) is 12.2 Å². The molecule has 0 amide bonds. The minimum absolute atomic E-state index is 0.0146. The van der Waals surface area contributed by atoms with Gasteiger partial charge in [-0.2, -0.15) is 0 Å². The zero-order valence-corrected chi connectivity index (χ0v) is 31.5. The predicted molar refractivity (Wildman–Crippen MR) is 204 cm³/mol. The molecule has 0 spiro atoms. The summed E-state index contributed by atoms with van der Waals surface area (Å²) >= 11 is 0. The summed E-state index contributed by atoms with van der Waals surface area (Å²) in [7, 11) is 0. The number of esters is 1. The lowest BCUT2D eigenvalue weighted by atomic mass is 10.0. The van der Waals surface area contributed by atoms with Gasteiger partial charge in [0.2, 0.25) is 0 Å². The zero-order chi connectivity index (χ0) is 33.3. The molecule has 0 aliphatic heterocycles. The van der Waals surface area contributed by atoms with Crippen molar-refractivity contribution in [3.8, 4) is 0 Å². The first-order valence-corrected chi connectivity index (χ1v) is 21.2.